The van der Waals surface area contributed by atoms with Crippen LogP contribution in [0.3, 0.4) is 0 Å². The number of halogens is 1. The smallest absolute Gasteiger partial charge is 0.397 e. The topological polar surface area (TPSA) is 94.1 Å². The fourth-order valence-corrected chi connectivity index (χ4v) is 3.15. The van der Waals surface area contributed by atoms with Gasteiger partial charge in [-0.3, -0.25) is 4.79 Å². The number of ether oxygens (including phenoxy) is 3. The summed E-state index contributed by atoms with van der Waals surface area (Å²) < 4.78 is 16.3. The SMILES string of the molecule is CCOC(=O)C(=O)Nc1cc(C)c(Oc2ccc(O)c(COc3ccccc3)c2)c(Cl)c1. The first kappa shape index (κ1) is 23.0. The second kappa shape index (κ2) is 10.5. The van der Waals surface area contributed by atoms with Crippen molar-refractivity contribution in [3.8, 4) is 23.0 Å². The number of hydrogen-bond acceptors (Lipinski definition) is 6. The zero-order valence-electron chi connectivity index (χ0n) is 17.6. The fourth-order valence-electron chi connectivity index (χ4n) is 2.85. The van der Waals surface area contributed by atoms with Crippen molar-refractivity contribution in [3.05, 3.63) is 76.8 Å². The molecular formula is C24H22ClNO6. The second-order valence-electron chi connectivity index (χ2n) is 6.77. The molecule has 3 aromatic carbocycles. The molecule has 0 unspecified atom stereocenters. The van der Waals surface area contributed by atoms with Crippen molar-refractivity contribution < 1.29 is 28.9 Å². The van der Waals surface area contributed by atoms with Gasteiger partial charge in [-0.15, -0.1) is 0 Å². The lowest BCUT2D eigenvalue weighted by molar-refractivity contribution is -0.152. The number of para-hydroxylation sites is 1. The van der Waals surface area contributed by atoms with Gasteiger partial charge in [0, 0.05) is 11.3 Å². The highest BCUT2D eigenvalue weighted by Gasteiger charge is 2.17. The number of benzene rings is 3. The Morgan fingerprint density at radius 3 is 2.47 bits per heavy atom. The van der Waals surface area contributed by atoms with Crippen molar-refractivity contribution in [2.24, 2.45) is 0 Å². The van der Waals surface area contributed by atoms with Crippen LogP contribution in [0, 0.1) is 6.92 Å². The first-order valence-corrected chi connectivity index (χ1v) is 10.2. The van der Waals surface area contributed by atoms with Gasteiger partial charge in [-0.2, -0.15) is 0 Å². The summed E-state index contributed by atoms with van der Waals surface area (Å²) in [5.74, 6) is -0.289. The molecular weight excluding hydrogens is 434 g/mol. The molecule has 0 saturated carbocycles. The van der Waals surface area contributed by atoms with E-state index in [9.17, 15) is 14.7 Å². The number of aryl methyl sites for hydroxylation is 1. The summed E-state index contributed by atoms with van der Waals surface area (Å²) >= 11 is 6.35. The quantitative estimate of drug-likeness (QED) is 0.374. The number of phenols is 1. The third-order valence-electron chi connectivity index (χ3n) is 4.36. The Balaban J connectivity index is 1.74. The predicted octanol–water partition coefficient (Wildman–Crippen LogP) is 5.23. The summed E-state index contributed by atoms with van der Waals surface area (Å²) in [5, 5.41) is 12.8. The molecule has 7 nitrogen and oxygen atoms in total. The average molecular weight is 456 g/mol. The van der Waals surface area contributed by atoms with Crippen molar-refractivity contribution in [3.63, 3.8) is 0 Å². The second-order valence-corrected chi connectivity index (χ2v) is 7.18. The Morgan fingerprint density at radius 1 is 1.03 bits per heavy atom. The van der Waals surface area contributed by atoms with Crippen molar-refractivity contribution in [1.82, 2.24) is 0 Å². The van der Waals surface area contributed by atoms with Gasteiger partial charge < -0.3 is 24.6 Å². The molecule has 8 heteroatoms. The number of nitrogens with one attached hydrogen (secondary N) is 1. The van der Waals surface area contributed by atoms with Crippen LogP contribution in [0.4, 0.5) is 5.69 Å². The van der Waals surface area contributed by atoms with Crippen molar-refractivity contribution in [1.29, 1.82) is 0 Å². The van der Waals surface area contributed by atoms with E-state index in [2.05, 4.69) is 10.1 Å². The maximum atomic E-state index is 11.8. The molecule has 166 valence electrons. The van der Waals surface area contributed by atoms with Gasteiger partial charge >= 0.3 is 11.9 Å². The minimum atomic E-state index is -0.976. The molecule has 0 heterocycles. The van der Waals surface area contributed by atoms with E-state index in [4.69, 9.17) is 21.1 Å². The fraction of sp³-hybridized carbons (Fsp3) is 0.167. The summed E-state index contributed by atoms with van der Waals surface area (Å²) in [5.41, 5.74) is 1.51. The third-order valence-corrected chi connectivity index (χ3v) is 4.64. The van der Waals surface area contributed by atoms with E-state index in [1.54, 1.807) is 32.0 Å². The van der Waals surface area contributed by atoms with Gasteiger partial charge in [0.25, 0.3) is 0 Å². The van der Waals surface area contributed by atoms with Crippen molar-refractivity contribution in [2.75, 3.05) is 11.9 Å². The van der Waals surface area contributed by atoms with Crippen LogP contribution in [-0.4, -0.2) is 23.6 Å². The van der Waals surface area contributed by atoms with Crippen LogP contribution in [-0.2, 0) is 20.9 Å². The minimum absolute atomic E-state index is 0.0770. The number of rotatable bonds is 7. The minimum Gasteiger partial charge on any atom is -0.508 e. The van der Waals surface area contributed by atoms with Crippen LogP contribution >= 0.6 is 11.6 Å². The first-order chi connectivity index (χ1) is 15.4. The molecule has 0 aliphatic heterocycles. The van der Waals surface area contributed by atoms with E-state index in [0.717, 1.165) is 0 Å². The van der Waals surface area contributed by atoms with Crippen molar-refractivity contribution >= 4 is 29.2 Å². The number of hydrogen-bond donors (Lipinski definition) is 2. The Hall–Kier alpha value is -3.71. The average Bonchev–Trinajstić information content (AvgIpc) is 2.77. The molecule has 0 aromatic heterocycles. The van der Waals surface area contributed by atoms with Gasteiger partial charge in [0.2, 0.25) is 0 Å². The highest BCUT2D eigenvalue weighted by molar-refractivity contribution is 6.37. The van der Waals surface area contributed by atoms with Crippen LogP contribution in [0.2, 0.25) is 5.02 Å². The van der Waals surface area contributed by atoms with Crippen LogP contribution in [0.25, 0.3) is 0 Å². The maximum absolute atomic E-state index is 11.8. The lowest BCUT2D eigenvalue weighted by Crippen LogP contribution is -2.25. The molecule has 0 saturated heterocycles. The Morgan fingerprint density at radius 2 is 1.78 bits per heavy atom. The number of aromatic hydroxyl groups is 1. The third kappa shape index (κ3) is 5.92. The van der Waals surface area contributed by atoms with Gasteiger partial charge in [0.1, 0.15) is 29.6 Å². The lowest BCUT2D eigenvalue weighted by Gasteiger charge is -2.15. The molecule has 1 amide bonds. The van der Waals surface area contributed by atoms with Gasteiger partial charge in [-0.25, -0.2) is 4.79 Å². The van der Waals surface area contributed by atoms with Crippen LogP contribution < -0.4 is 14.8 Å². The molecule has 3 aromatic rings. The molecule has 2 N–H and O–H groups in total. The normalized spacial score (nSPS) is 10.3. The number of carbonyl (C=O) groups excluding carboxylic acids is 2. The number of amides is 1. The van der Waals surface area contributed by atoms with Gasteiger partial charge in [0.15, 0.2) is 0 Å². The molecule has 0 radical (unpaired) electrons. The molecule has 0 spiro atoms. The van der Waals surface area contributed by atoms with Crippen LogP contribution in [0.1, 0.15) is 18.1 Å². The molecule has 0 aliphatic rings. The first-order valence-electron chi connectivity index (χ1n) is 9.83. The maximum Gasteiger partial charge on any atom is 0.397 e. The summed E-state index contributed by atoms with van der Waals surface area (Å²) in [6, 6.07) is 17.1. The van der Waals surface area contributed by atoms with E-state index in [1.165, 1.54) is 12.1 Å². The number of anilines is 1. The number of esters is 1. The molecule has 0 atom stereocenters. The Kier molecular flexibility index (Phi) is 7.57. The molecule has 3 rings (SSSR count). The summed E-state index contributed by atoms with van der Waals surface area (Å²) in [6.07, 6.45) is 0. The summed E-state index contributed by atoms with van der Waals surface area (Å²) in [6.45, 7) is 3.62. The molecule has 0 fully saturated rings. The van der Waals surface area contributed by atoms with Gasteiger partial charge in [-0.1, -0.05) is 29.8 Å². The summed E-state index contributed by atoms with van der Waals surface area (Å²) in [7, 11) is 0. The van der Waals surface area contributed by atoms with Crippen LogP contribution in [0.15, 0.2) is 60.7 Å². The standard InChI is InChI=1S/C24H22ClNO6/c1-3-30-24(29)23(28)26-17-11-15(2)22(20(25)13-17)32-19-9-10-21(27)16(12-19)14-31-18-7-5-4-6-8-18/h4-13,27H,3,14H2,1-2H3,(H,26,28). The van der Waals surface area contributed by atoms with Gasteiger partial charge in [-0.05, 0) is 61.9 Å². The Labute approximate surface area is 190 Å². The lowest BCUT2D eigenvalue weighted by atomic mass is 10.1. The molecule has 32 heavy (non-hydrogen) atoms. The zero-order valence-corrected chi connectivity index (χ0v) is 18.3. The largest absolute Gasteiger partial charge is 0.508 e. The van der Waals surface area contributed by atoms with E-state index in [-0.39, 0.29) is 24.0 Å². The van der Waals surface area contributed by atoms with E-state index in [0.29, 0.717) is 34.1 Å². The monoisotopic (exact) mass is 455 g/mol. The number of phenolic OH excluding ortho intramolecular Hbond substituents is 1. The van der Waals surface area contributed by atoms with E-state index < -0.39 is 11.9 Å². The number of carbonyl (C=O) groups is 2. The Bertz CT molecular complexity index is 1090. The molecule has 0 aliphatic carbocycles. The van der Waals surface area contributed by atoms with Crippen LogP contribution in [0.5, 0.6) is 23.0 Å². The van der Waals surface area contributed by atoms with Gasteiger partial charge in [0.05, 0.1) is 11.6 Å². The zero-order chi connectivity index (χ0) is 23.1. The van der Waals surface area contributed by atoms with E-state index >= 15 is 0 Å². The molecule has 0 bridgehead atoms. The highest BCUT2D eigenvalue weighted by Crippen LogP contribution is 2.36. The van der Waals surface area contributed by atoms with Crippen molar-refractivity contribution in [2.45, 2.75) is 20.5 Å². The highest BCUT2D eigenvalue weighted by atomic mass is 35.5. The van der Waals surface area contributed by atoms with E-state index in [1.807, 2.05) is 30.3 Å². The summed E-state index contributed by atoms with van der Waals surface area (Å²) in [4.78, 5) is 23.3. The predicted molar refractivity (Wildman–Crippen MR) is 120 cm³/mol.